The quantitative estimate of drug-likeness (QED) is 0.483. The van der Waals surface area contributed by atoms with Crippen LogP contribution in [0, 0.1) is 0 Å². The van der Waals surface area contributed by atoms with Crippen LogP contribution in [0.2, 0.25) is 25.2 Å². The van der Waals surface area contributed by atoms with E-state index in [2.05, 4.69) is 20.0 Å². The van der Waals surface area contributed by atoms with Crippen LogP contribution in [0.15, 0.2) is 0 Å². The summed E-state index contributed by atoms with van der Waals surface area (Å²) in [7, 11) is -0.629. The van der Waals surface area contributed by atoms with Crippen LogP contribution < -0.4 is 5.73 Å². The Kier molecular flexibility index (Phi) is 10.1. The summed E-state index contributed by atoms with van der Waals surface area (Å²) in [6.45, 7) is 7.51. The van der Waals surface area contributed by atoms with Crippen LogP contribution in [-0.2, 0) is 8.23 Å². The fraction of sp³-hybridized carbons (Fsp3) is 1.00. The summed E-state index contributed by atoms with van der Waals surface area (Å²) in [5.74, 6) is 0. The highest BCUT2D eigenvalue weighted by atomic mass is 28.4. The van der Waals surface area contributed by atoms with E-state index < -0.39 is 8.32 Å². The second kappa shape index (κ2) is 9.74. The summed E-state index contributed by atoms with van der Waals surface area (Å²) in [6, 6.07) is 2.32. The highest BCUT2D eigenvalue weighted by Crippen LogP contribution is 2.14. The van der Waals surface area contributed by atoms with E-state index in [0.717, 1.165) is 19.0 Å². The van der Waals surface area contributed by atoms with Crippen LogP contribution >= 0.6 is 0 Å². The maximum absolute atomic E-state index is 5.83. The smallest absolute Gasteiger partial charge is 0.409 e. The molecule has 0 heterocycles. The van der Waals surface area contributed by atoms with Gasteiger partial charge in [-0.25, -0.2) is 0 Å². The molecule has 0 aliphatic heterocycles. The summed E-state index contributed by atoms with van der Waals surface area (Å²) < 4.78 is 11.3. The Hall–Kier alpha value is 0.531. The molecule has 0 fully saturated rings. The van der Waals surface area contributed by atoms with Gasteiger partial charge in [-0.2, -0.15) is 0 Å². The first-order chi connectivity index (χ1) is 7.12. The van der Waals surface area contributed by atoms with Gasteiger partial charge in [0, 0.05) is 0 Å². The zero-order valence-electron chi connectivity index (χ0n) is 10.1. The lowest BCUT2D eigenvalue weighted by molar-refractivity contribution is 0.465. The molecule has 0 atom stereocenters. The molecule has 0 rings (SSSR count). The average Bonchev–Trinajstić information content (AvgIpc) is 2.20. The van der Waals surface area contributed by atoms with Crippen LogP contribution in [-0.4, -0.2) is 34.6 Å². The highest BCUT2D eigenvalue weighted by molar-refractivity contribution is 6.74. The molecule has 15 heavy (non-hydrogen) atoms. The van der Waals surface area contributed by atoms with Gasteiger partial charge in [-0.15, -0.1) is 0 Å². The predicted molar refractivity (Wildman–Crippen MR) is 69.4 cm³/mol. The van der Waals surface area contributed by atoms with Gasteiger partial charge in [0.1, 0.15) is 0 Å². The van der Waals surface area contributed by atoms with Crippen LogP contribution in [0.1, 0.15) is 26.2 Å². The third kappa shape index (κ3) is 10.8. The van der Waals surface area contributed by atoms with E-state index in [9.17, 15) is 0 Å². The largest absolute Gasteiger partial charge is 0.435 e. The van der Waals surface area contributed by atoms with Crippen molar-refractivity contribution in [1.82, 2.24) is 0 Å². The minimum atomic E-state index is -1.43. The van der Waals surface area contributed by atoms with Crippen LogP contribution in [0.25, 0.3) is 0 Å². The van der Waals surface area contributed by atoms with Crippen molar-refractivity contribution in [3.05, 3.63) is 0 Å². The van der Waals surface area contributed by atoms with Gasteiger partial charge in [-0.05, 0) is 38.1 Å². The number of nitrogens with two attached hydrogens (primary N) is 1. The summed E-state index contributed by atoms with van der Waals surface area (Å²) in [6.07, 6.45) is 3.58. The Balaban J connectivity index is 3.32. The molecule has 0 saturated carbocycles. The van der Waals surface area contributed by atoms with E-state index >= 15 is 0 Å². The minimum absolute atomic E-state index is 0.239. The second-order valence-corrected chi connectivity index (χ2v) is 10.8. The Labute approximate surface area is 100 Å². The van der Waals surface area contributed by atoms with Crippen molar-refractivity contribution in [3.63, 3.8) is 0 Å². The van der Waals surface area contributed by atoms with Crippen molar-refractivity contribution in [2.24, 2.45) is 5.73 Å². The Morgan fingerprint density at radius 3 is 2.60 bits per heavy atom. The summed E-state index contributed by atoms with van der Waals surface area (Å²) >= 11 is 0. The van der Waals surface area contributed by atoms with Gasteiger partial charge in [0.25, 0.3) is 0 Å². The summed E-state index contributed by atoms with van der Waals surface area (Å²) in [5.41, 5.74) is 5.39. The molecule has 0 aliphatic carbocycles. The van der Waals surface area contributed by atoms with Gasteiger partial charge >= 0.3 is 10.0 Å². The molecule has 0 spiro atoms. The first-order valence-corrected chi connectivity index (χ1v) is 10.7. The molecule has 0 saturated heterocycles. The molecule has 0 aromatic carbocycles. The first kappa shape index (κ1) is 15.5. The first-order valence-electron chi connectivity index (χ1n) is 5.64. The monoisotopic (exact) mass is 261 g/mol. The molecule has 0 aliphatic rings. The van der Waals surface area contributed by atoms with Crippen molar-refractivity contribution < 1.29 is 8.23 Å². The Morgan fingerprint density at radius 2 is 2.00 bits per heavy atom. The van der Waals surface area contributed by atoms with Crippen molar-refractivity contribution in [1.29, 1.82) is 0 Å². The Morgan fingerprint density at radius 1 is 1.27 bits per heavy atom. The minimum Gasteiger partial charge on any atom is -0.435 e. The lowest BCUT2D eigenvalue weighted by Gasteiger charge is -2.21. The van der Waals surface area contributed by atoms with E-state index in [1.54, 1.807) is 0 Å². The molecule has 6 heteroatoms. The summed E-state index contributed by atoms with van der Waals surface area (Å²) in [4.78, 5) is 0. The molecule has 4 radical (unpaired) electrons. The molecule has 0 aromatic rings. The third-order valence-corrected chi connectivity index (χ3v) is 7.62. The van der Waals surface area contributed by atoms with Gasteiger partial charge in [-0.1, -0.05) is 19.8 Å². The van der Waals surface area contributed by atoms with E-state index in [1.807, 2.05) is 0 Å². The van der Waals surface area contributed by atoms with Crippen LogP contribution in [0.4, 0.5) is 0 Å². The van der Waals surface area contributed by atoms with E-state index in [1.165, 1.54) is 18.9 Å². The summed E-state index contributed by atoms with van der Waals surface area (Å²) in [5, 5.41) is 0. The molecule has 3 nitrogen and oxygen atoms in total. The lowest BCUT2D eigenvalue weighted by atomic mass is 10.4. The highest BCUT2D eigenvalue weighted by Gasteiger charge is 2.21. The Bertz CT molecular complexity index is 147. The topological polar surface area (TPSA) is 44.5 Å². The zero-order chi connectivity index (χ0) is 11.6. The maximum atomic E-state index is 5.83. The zero-order valence-corrected chi connectivity index (χ0v) is 13.1. The fourth-order valence-electron chi connectivity index (χ4n) is 1.04. The second-order valence-electron chi connectivity index (χ2n) is 4.19. The van der Waals surface area contributed by atoms with E-state index in [-0.39, 0.29) is 10.0 Å². The number of hydrogen-bond donors (Lipinski definition) is 1. The van der Waals surface area contributed by atoms with Crippen molar-refractivity contribution in [3.8, 4) is 0 Å². The number of rotatable bonds is 10. The molecule has 0 bridgehead atoms. The molecule has 88 valence electrons. The fourth-order valence-corrected chi connectivity index (χ4v) is 5.09. The van der Waals surface area contributed by atoms with Crippen molar-refractivity contribution >= 4 is 28.1 Å². The third-order valence-electron chi connectivity index (χ3n) is 2.05. The standard InChI is InChI=1S/C9H23NO2Si3/c1-4-5-9-15(2,3)12-14-11-13-8-6-7-10/h4-10H2,1-3H3. The molecular weight excluding hydrogens is 238 g/mol. The van der Waals surface area contributed by atoms with Gasteiger partial charge in [-0.3, -0.25) is 0 Å². The molecular formula is C9H23NO2Si3. The SMILES string of the molecule is CCCC[Si](C)(C)O[Si]O[Si]CCCN. The van der Waals surface area contributed by atoms with Gasteiger partial charge in [0.05, 0.1) is 0 Å². The van der Waals surface area contributed by atoms with Crippen molar-refractivity contribution in [2.45, 2.75) is 51.4 Å². The average molecular weight is 262 g/mol. The van der Waals surface area contributed by atoms with E-state index in [4.69, 9.17) is 14.0 Å². The molecule has 0 unspecified atom stereocenters. The van der Waals surface area contributed by atoms with Crippen molar-refractivity contribution in [2.75, 3.05) is 6.54 Å². The molecule has 2 N–H and O–H groups in total. The van der Waals surface area contributed by atoms with Gasteiger partial charge in [0.2, 0.25) is 9.76 Å². The van der Waals surface area contributed by atoms with Crippen LogP contribution in [0.3, 0.4) is 0 Å². The number of hydrogen-bond acceptors (Lipinski definition) is 3. The number of unbranched alkanes of at least 4 members (excludes halogenated alkanes) is 1. The maximum Gasteiger partial charge on any atom is 0.409 e. The van der Waals surface area contributed by atoms with Crippen LogP contribution in [0.5, 0.6) is 0 Å². The van der Waals surface area contributed by atoms with E-state index in [0.29, 0.717) is 9.76 Å². The predicted octanol–water partition coefficient (Wildman–Crippen LogP) is 1.95. The van der Waals surface area contributed by atoms with Gasteiger partial charge in [0.15, 0.2) is 8.32 Å². The molecule has 0 amide bonds. The molecule has 0 aromatic heterocycles. The van der Waals surface area contributed by atoms with Gasteiger partial charge < -0.3 is 14.0 Å². The lowest BCUT2D eigenvalue weighted by Crippen LogP contribution is -2.33. The normalized spacial score (nSPS) is 12.0.